The largest absolute Gasteiger partial charge is 0.455 e. The zero-order valence-corrected chi connectivity index (χ0v) is 12.3. The lowest BCUT2D eigenvalue weighted by Crippen LogP contribution is -2.17. The van der Waals surface area contributed by atoms with Gasteiger partial charge in [-0.2, -0.15) is 0 Å². The highest BCUT2D eigenvalue weighted by molar-refractivity contribution is 6.00. The van der Waals surface area contributed by atoms with Gasteiger partial charge in [-0.3, -0.25) is 10.0 Å². The summed E-state index contributed by atoms with van der Waals surface area (Å²) in [4.78, 5) is 10.8. The Kier molecular flexibility index (Phi) is 5.97. The van der Waals surface area contributed by atoms with Crippen molar-refractivity contribution in [1.29, 1.82) is 0 Å². The van der Waals surface area contributed by atoms with Crippen LogP contribution in [0.2, 0.25) is 0 Å². The highest BCUT2D eigenvalue weighted by Crippen LogP contribution is 2.21. The van der Waals surface area contributed by atoms with E-state index in [1.165, 1.54) is 0 Å². The molecule has 0 saturated heterocycles. The first kappa shape index (κ1) is 16.0. The Morgan fingerprint density at radius 1 is 1.14 bits per heavy atom. The number of amides is 1. The molecule has 3 N–H and O–H groups in total. The van der Waals surface area contributed by atoms with E-state index < -0.39 is 0 Å². The van der Waals surface area contributed by atoms with Gasteiger partial charge < -0.3 is 9.62 Å². The van der Waals surface area contributed by atoms with E-state index in [-0.39, 0.29) is 5.91 Å². The molecular formula is C16H20N2O4. The fourth-order valence-corrected chi connectivity index (χ4v) is 2.33. The predicted molar refractivity (Wildman–Crippen MR) is 82.2 cm³/mol. The monoisotopic (exact) mass is 304 g/mol. The highest BCUT2D eigenvalue weighted by Gasteiger charge is 2.10. The number of nitrogens with zero attached hydrogens (tertiary/aromatic N) is 1. The predicted octanol–water partition coefficient (Wildman–Crippen LogP) is 3.46. The Balaban J connectivity index is 1.79. The third-order valence-corrected chi connectivity index (χ3v) is 3.52. The molecule has 1 heterocycles. The van der Waals surface area contributed by atoms with Crippen LogP contribution < -0.4 is 5.48 Å². The van der Waals surface area contributed by atoms with Crippen LogP contribution in [0.4, 0.5) is 0 Å². The van der Waals surface area contributed by atoms with Crippen LogP contribution in [-0.2, 0) is 4.79 Å². The zero-order chi connectivity index (χ0) is 15.8. The quantitative estimate of drug-likeness (QED) is 0.229. The number of carbonyl (C=O) groups is 1. The second-order valence-corrected chi connectivity index (χ2v) is 5.14. The molecule has 0 aliphatic rings. The van der Waals surface area contributed by atoms with Crippen molar-refractivity contribution in [3.8, 4) is 0 Å². The number of hydroxylamine groups is 1. The number of furan rings is 1. The van der Waals surface area contributed by atoms with E-state index in [0.717, 1.165) is 36.7 Å². The van der Waals surface area contributed by atoms with Crippen molar-refractivity contribution in [2.45, 2.75) is 38.5 Å². The summed E-state index contributed by atoms with van der Waals surface area (Å²) in [7, 11) is 0. The van der Waals surface area contributed by atoms with Gasteiger partial charge in [0.1, 0.15) is 11.3 Å². The second kappa shape index (κ2) is 8.19. The molecule has 0 fully saturated rings. The maximum atomic E-state index is 10.8. The number of oxime groups is 1. The van der Waals surface area contributed by atoms with Gasteiger partial charge in [-0.1, -0.05) is 36.2 Å². The van der Waals surface area contributed by atoms with Crippen molar-refractivity contribution in [3.05, 3.63) is 36.1 Å². The van der Waals surface area contributed by atoms with Crippen LogP contribution in [0.15, 0.2) is 39.9 Å². The molecule has 6 heteroatoms. The first-order valence-corrected chi connectivity index (χ1v) is 7.37. The van der Waals surface area contributed by atoms with E-state index in [0.29, 0.717) is 24.3 Å². The molecule has 118 valence electrons. The van der Waals surface area contributed by atoms with E-state index in [1.807, 2.05) is 30.3 Å². The number of unbranched alkanes of at least 4 members (excludes halogenated alkanes) is 3. The van der Waals surface area contributed by atoms with Gasteiger partial charge in [0.2, 0.25) is 5.91 Å². The molecule has 0 unspecified atom stereocenters. The third-order valence-electron chi connectivity index (χ3n) is 3.52. The molecule has 0 spiro atoms. The Labute approximate surface area is 128 Å². The molecule has 0 aliphatic carbocycles. The van der Waals surface area contributed by atoms with Gasteiger partial charge in [0, 0.05) is 11.8 Å². The highest BCUT2D eigenvalue weighted by atomic mass is 16.5. The Hall–Kier alpha value is -2.34. The van der Waals surface area contributed by atoms with E-state index in [2.05, 4.69) is 5.16 Å². The molecule has 1 amide bonds. The van der Waals surface area contributed by atoms with E-state index in [1.54, 1.807) is 5.48 Å². The standard InChI is InChI=1S/C16H20N2O4/c19-16(18-21)10-4-2-1-3-8-13(17-20)15-11-12-7-5-6-9-14(12)22-15/h5-7,9,11,20-21H,1-4,8,10H2,(H,18,19). The van der Waals surface area contributed by atoms with Gasteiger partial charge in [-0.15, -0.1) is 0 Å². The first-order chi connectivity index (χ1) is 10.7. The maximum Gasteiger partial charge on any atom is 0.243 e. The fourth-order valence-electron chi connectivity index (χ4n) is 2.33. The number of fused-ring (bicyclic) bond motifs is 1. The van der Waals surface area contributed by atoms with E-state index in [4.69, 9.17) is 14.8 Å². The molecule has 0 bridgehead atoms. The van der Waals surface area contributed by atoms with Gasteiger partial charge in [0.25, 0.3) is 0 Å². The average molecular weight is 304 g/mol. The van der Waals surface area contributed by atoms with Crippen molar-refractivity contribution in [1.82, 2.24) is 5.48 Å². The summed E-state index contributed by atoms with van der Waals surface area (Å²) in [6.07, 6.45) is 4.30. The SMILES string of the molecule is O=C(CCCCCCC(=NO)c1cc2ccccc2o1)NO. The normalized spacial score (nSPS) is 11.8. The summed E-state index contributed by atoms with van der Waals surface area (Å²) in [6.45, 7) is 0. The van der Waals surface area contributed by atoms with Crippen LogP contribution >= 0.6 is 0 Å². The van der Waals surface area contributed by atoms with Gasteiger partial charge in [0.15, 0.2) is 5.76 Å². The van der Waals surface area contributed by atoms with Crippen LogP contribution in [-0.4, -0.2) is 22.0 Å². The number of rotatable bonds is 8. The molecule has 1 aromatic carbocycles. The second-order valence-electron chi connectivity index (χ2n) is 5.14. The molecule has 1 aromatic heterocycles. The summed E-state index contributed by atoms with van der Waals surface area (Å²) < 4.78 is 5.67. The third kappa shape index (κ3) is 4.33. The van der Waals surface area contributed by atoms with Crippen LogP contribution in [0.3, 0.4) is 0 Å². The van der Waals surface area contributed by atoms with Crippen molar-refractivity contribution in [3.63, 3.8) is 0 Å². The summed E-state index contributed by atoms with van der Waals surface area (Å²) in [5, 5.41) is 21.9. The molecule has 0 atom stereocenters. The van der Waals surface area contributed by atoms with Gasteiger partial charge >= 0.3 is 0 Å². The Bertz CT molecular complexity index is 615. The van der Waals surface area contributed by atoms with E-state index in [9.17, 15) is 4.79 Å². The number of nitrogens with one attached hydrogen (secondary N) is 1. The summed E-state index contributed by atoms with van der Waals surface area (Å²) >= 11 is 0. The van der Waals surface area contributed by atoms with Crippen LogP contribution in [0, 0.1) is 0 Å². The zero-order valence-electron chi connectivity index (χ0n) is 12.3. The molecule has 0 radical (unpaired) electrons. The molecule has 2 rings (SSSR count). The molecule has 2 aromatic rings. The summed E-state index contributed by atoms with van der Waals surface area (Å²) in [6, 6.07) is 9.52. The first-order valence-electron chi connectivity index (χ1n) is 7.37. The minimum absolute atomic E-state index is 0.320. The molecule has 22 heavy (non-hydrogen) atoms. The summed E-state index contributed by atoms with van der Waals surface area (Å²) in [5.41, 5.74) is 2.92. The van der Waals surface area contributed by atoms with Crippen LogP contribution in [0.5, 0.6) is 0 Å². The van der Waals surface area contributed by atoms with Crippen molar-refractivity contribution >= 4 is 22.6 Å². The van der Waals surface area contributed by atoms with Crippen LogP contribution in [0.25, 0.3) is 11.0 Å². The minimum Gasteiger partial charge on any atom is -0.455 e. The smallest absolute Gasteiger partial charge is 0.243 e. The van der Waals surface area contributed by atoms with Crippen LogP contribution in [0.1, 0.15) is 44.3 Å². The lowest BCUT2D eigenvalue weighted by molar-refractivity contribution is -0.129. The number of hydrogen-bond acceptors (Lipinski definition) is 5. The lowest BCUT2D eigenvalue weighted by Gasteiger charge is -2.02. The molecule has 6 nitrogen and oxygen atoms in total. The summed E-state index contributed by atoms with van der Waals surface area (Å²) in [5.74, 6) is 0.225. The number of benzene rings is 1. The molecule has 0 aliphatic heterocycles. The minimum atomic E-state index is -0.361. The van der Waals surface area contributed by atoms with Gasteiger partial charge in [-0.25, -0.2) is 5.48 Å². The van der Waals surface area contributed by atoms with E-state index >= 15 is 0 Å². The maximum absolute atomic E-state index is 10.8. The average Bonchev–Trinajstić information content (AvgIpc) is 2.97. The number of para-hydroxylation sites is 1. The molecular weight excluding hydrogens is 284 g/mol. The van der Waals surface area contributed by atoms with Crippen molar-refractivity contribution in [2.24, 2.45) is 5.16 Å². The van der Waals surface area contributed by atoms with Gasteiger partial charge in [0.05, 0.1) is 0 Å². The number of carbonyl (C=O) groups excluding carboxylic acids is 1. The van der Waals surface area contributed by atoms with Crippen molar-refractivity contribution in [2.75, 3.05) is 0 Å². The lowest BCUT2D eigenvalue weighted by atomic mass is 10.1. The topological polar surface area (TPSA) is 95.1 Å². The molecule has 0 saturated carbocycles. The van der Waals surface area contributed by atoms with Crippen molar-refractivity contribution < 1.29 is 19.6 Å². The van der Waals surface area contributed by atoms with Gasteiger partial charge in [-0.05, 0) is 31.4 Å². The number of hydrogen-bond donors (Lipinski definition) is 3. The fraction of sp³-hybridized carbons (Fsp3) is 0.375. The Morgan fingerprint density at radius 3 is 2.55 bits per heavy atom. The Morgan fingerprint density at radius 2 is 1.86 bits per heavy atom.